The zero-order valence-corrected chi connectivity index (χ0v) is 21.7. The molecule has 0 atom stereocenters. The number of rotatable bonds is 7. The van der Waals surface area contributed by atoms with E-state index in [9.17, 15) is 4.79 Å². The summed E-state index contributed by atoms with van der Waals surface area (Å²) in [6, 6.07) is 17.9. The minimum absolute atomic E-state index is 0.214. The molecule has 0 radical (unpaired) electrons. The summed E-state index contributed by atoms with van der Waals surface area (Å²) in [6.07, 6.45) is 3.50. The number of benzene rings is 2. The van der Waals surface area contributed by atoms with Crippen LogP contribution in [0.4, 0.5) is 5.69 Å². The van der Waals surface area contributed by atoms with Gasteiger partial charge in [-0.05, 0) is 67.8 Å². The first-order chi connectivity index (χ1) is 17.5. The van der Waals surface area contributed by atoms with Crippen molar-refractivity contribution in [2.75, 3.05) is 5.32 Å². The van der Waals surface area contributed by atoms with Crippen LogP contribution >= 0.6 is 23.1 Å². The molecule has 0 aliphatic carbocycles. The monoisotopic (exact) mass is 512 g/mol. The van der Waals surface area contributed by atoms with Gasteiger partial charge in [0.25, 0.3) is 5.91 Å². The summed E-state index contributed by atoms with van der Waals surface area (Å²) >= 11 is 3.00. The zero-order chi connectivity index (χ0) is 25.1. The van der Waals surface area contributed by atoms with Crippen LogP contribution in [0, 0.1) is 20.8 Å². The lowest BCUT2D eigenvalue weighted by molar-refractivity contribution is 0.102. The molecule has 180 valence electrons. The fourth-order valence-electron chi connectivity index (χ4n) is 3.70. The smallest absolute Gasteiger partial charge is 0.275 e. The predicted octanol–water partition coefficient (Wildman–Crippen LogP) is 6.26. The Hall–Kier alpha value is -3.82. The zero-order valence-electron chi connectivity index (χ0n) is 20.1. The molecule has 7 nitrogen and oxygen atoms in total. The van der Waals surface area contributed by atoms with Gasteiger partial charge < -0.3 is 5.32 Å². The number of aryl methyl sites for hydroxylation is 3. The first-order valence-corrected chi connectivity index (χ1v) is 13.2. The number of pyridine rings is 1. The molecule has 0 unspecified atom stereocenters. The van der Waals surface area contributed by atoms with Crippen molar-refractivity contribution < 1.29 is 4.79 Å². The fraction of sp³-hybridized carbons (Fsp3) is 0.148. The van der Waals surface area contributed by atoms with Crippen LogP contribution in [0.5, 0.6) is 0 Å². The summed E-state index contributed by atoms with van der Waals surface area (Å²) in [5, 5.41) is 15.3. The Morgan fingerprint density at radius 2 is 1.78 bits per heavy atom. The van der Waals surface area contributed by atoms with Crippen molar-refractivity contribution in [2.24, 2.45) is 0 Å². The van der Waals surface area contributed by atoms with Gasteiger partial charge in [-0.3, -0.25) is 14.3 Å². The van der Waals surface area contributed by atoms with Gasteiger partial charge in [-0.25, -0.2) is 4.98 Å². The van der Waals surface area contributed by atoms with Gasteiger partial charge in [-0.1, -0.05) is 36.0 Å². The molecule has 2 aromatic carbocycles. The molecule has 3 heterocycles. The molecule has 0 bridgehead atoms. The molecule has 0 saturated carbocycles. The van der Waals surface area contributed by atoms with Gasteiger partial charge in [-0.15, -0.1) is 21.5 Å². The maximum Gasteiger partial charge on any atom is 0.275 e. The van der Waals surface area contributed by atoms with E-state index in [2.05, 4.69) is 49.1 Å². The maximum absolute atomic E-state index is 12.7. The first kappa shape index (κ1) is 23.9. The highest BCUT2D eigenvalue weighted by Gasteiger charge is 2.19. The summed E-state index contributed by atoms with van der Waals surface area (Å²) in [7, 11) is 0. The Labute approximate surface area is 217 Å². The van der Waals surface area contributed by atoms with Crippen LogP contribution < -0.4 is 5.32 Å². The second-order valence-corrected chi connectivity index (χ2v) is 10.2. The third kappa shape index (κ3) is 5.07. The maximum atomic E-state index is 12.7. The van der Waals surface area contributed by atoms with Crippen molar-refractivity contribution in [3.63, 3.8) is 0 Å². The fourth-order valence-corrected chi connectivity index (χ4v) is 5.44. The highest BCUT2D eigenvalue weighted by Crippen LogP contribution is 2.31. The summed E-state index contributed by atoms with van der Waals surface area (Å²) in [6.45, 7) is 6.14. The Balaban J connectivity index is 1.36. The van der Waals surface area contributed by atoms with Crippen LogP contribution in [0.1, 0.15) is 32.2 Å². The summed E-state index contributed by atoms with van der Waals surface area (Å²) < 4.78 is 2.07. The van der Waals surface area contributed by atoms with Gasteiger partial charge in [0.15, 0.2) is 11.0 Å². The number of thioether (sulfide) groups is 1. The van der Waals surface area contributed by atoms with Crippen LogP contribution in [-0.2, 0) is 5.75 Å². The molecular formula is C27H24N6OS2. The molecular weight excluding hydrogens is 488 g/mol. The number of nitrogens with zero attached hydrogens (tertiary/aromatic N) is 5. The highest BCUT2D eigenvalue weighted by atomic mass is 32.2. The average molecular weight is 513 g/mol. The molecule has 0 spiro atoms. The van der Waals surface area contributed by atoms with Crippen molar-refractivity contribution in [3.8, 4) is 17.1 Å². The van der Waals surface area contributed by atoms with E-state index in [0.29, 0.717) is 11.4 Å². The number of amides is 1. The van der Waals surface area contributed by atoms with E-state index in [0.717, 1.165) is 44.1 Å². The summed E-state index contributed by atoms with van der Waals surface area (Å²) in [5.74, 6) is 1.11. The van der Waals surface area contributed by atoms with E-state index in [-0.39, 0.29) is 5.91 Å². The molecule has 0 fully saturated rings. The molecule has 0 aliphatic rings. The van der Waals surface area contributed by atoms with Crippen LogP contribution in [0.3, 0.4) is 0 Å². The number of nitrogens with one attached hydrogen (secondary N) is 1. The quantitative estimate of drug-likeness (QED) is 0.259. The number of aromatic nitrogens is 5. The lowest BCUT2D eigenvalue weighted by atomic mass is 10.1. The minimum Gasteiger partial charge on any atom is -0.321 e. The number of hydrogen-bond donors (Lipinski definition) is 1. The van der Waals surface area contributed by atoms with Gasteiger partial charge in [-0.2, -0.15) is 0 Å². The van der Waals surface area contributed by atoms with E-state index in [1.54, 1.807) is 29.5 Å². The molecule has 1 N–H and O–H groups in total. The van der Waals surface area contributed by atoms with Crippen molar-refractivity contribution in [1.29, 1.82) is 0 Å². The lowest BCUT2D eigenvalue weighted by Crippen LogP contribution is -2.12. The standard InChI is InChI=1S/C27H24N6OS2/c1-17-8-9-21(14-19(17)3)29-26(34)22-15-35-24(30-22)16-36-27-32-31-25(20-10-12-28-13-11-20)33(27)23-7-5-4-6-18(23)2/h4-15H,16H2,1-3H3,(H,29,34). The molecule has 0 saturated heterocycles. The van der Waals surface area contributed by atoms with E-state index < -0.39 is 0 Å². The Morgan fingerprint density at radius 1 is 0.972 bits per heavy atom. The number of hydrogen-bond acceptors (Lipinski definition) is 7. The Morgan fingerprint density at radius 3 is 2.56 bits per heavy atom. The summed E-state index contributed by atoms with van der Waals surface area (Å²) in [4.78, 5) is 21.4. The van der Waals surface area contributed by atoms with E-state index in [1.165, 1.54) is 16.9 Å². The molecule has 5 rings (SSSR count). The second kappa shape index (κ2) is 10.4. The normalized spacial score (nSPS) is 11.0. The van der Waals surface area contributed by atoms with Crippen LogP contribution in [0.15, 0.2) is 77.5 Å². The van der Waals surface area contributed by atoms with E-state index in [1.807, 2.05) is 56.3 Å². The minimum atomic E-state index is -0.214. The Kier molecular flexibility index (Phi) is 6.92. The average Bonchev–Trinajstić information content (AvgIpc) is 3.53. The molecule has 1 amide bonds. The molecule has 0 aliphatic heterocycles. The molecule has 5 aromatic rings. The van der Waals surface area contributed by atoms with Gasteiger partial charge in [0.1, 0.15) is 10.7 Å². The summed E-state index contributed by atoms with van der Waals surface area (Å²) in [5.41, 5.74) is 6.57. The highest BCUT2D eigenvalue weighted by molar-refractivity contribution is 7.98. The number of carbonyl (C=O) groups excluding carboxylic acids is 1. The molecule has 3 aromatic heterocycles. The van der Waals surface area contributed by atoms with E-state index in [4.69, 9.17) is 0 Å². The number of carbonyl (C=O) groups is 1. The topological polar surface area (TPSA) is 85.6 Å². The van der Waals surface area contributed by atoms with Gasteiger partial charge >= 0.3 is 0 Å². The van der Waals surface area contributed by atoms with Crippen molar-refractivity contribution in [1.82, 2.24) is 24.7 Å². The number of anilines is 1. The second-order valence-electron chi connectivity index (χ2n) is 8.33. The van der Waals surface area contributed by atoms with Crippen molar-refractivity contribution in [2.45, 2.75) is 31.7 Å². The van der Waals surface area contributed by atoms with Crippen LogP contribution in [0.25, 0.3) is 17.1 Å². The SMILES string of the molecule is Cc1ccc(NC(=O)c2csc(CSc3nnc(-c4ccncc4)n3-c3ccccc3C)n2)cc1C. The van der Waals surface area contributed by atoms with Crippen LogP contribution in [0.2, 0.25) is 0 Å². The molecule has 36 heavy (non-hydrogen) atoms. The largest absolute Gasteiger partial charge is 0.321 e. The third-order valence-electron chi connectivity index (χ3n) is 5.80. The van der Waals surface area contributed by atoms with Crippen molar-refractivity contribution in [3.05, 3.63) is 99.8 Å². The van der Waals surface area contributed by atoms with Gasteiger partial charge in [0, 0.05) is 29.0 Å². The Bertz CT molecular complexity index is 1530. The molecule has 9 heteroatoms. The first-order valence-electron chi connectivity index (χ1n) is 11.4. The number of thiazole rings is 1. The van der Waals surface area contributed by atoms with E-state index >= 15 is 0 Å². The van der Waals surface area contributed by atoms with Crippen molar-refractivity contribution >= 4 is 34.7 Å². The van der Waals surface area contributed by atoms with Gasteiger partial charge in [0.2, 0.25) is 0 Å². The predicted molar refractivity (Wildman–Crippen MR) is 145 cm³/mol. The lowest BCUT2D eigenvalue weighted by Gasteiger charge is -2.12. The van der Waals surface area contributed by atoms with Gasteiger partial charge in [0.05, 0.1) is 11.4 Å². The number of para-hydroxylation sites is 1. The van der Waals surface area contributed by atoms with Crippen LogP contribution in [-0.4, -0.2) is 30.6 Å². The third-order valence-corrected chi connectivity index (χ3v) is 7.77.